The molecule has 0 amide bonds. The summed E-state index contributed by atoms with van der Waals surface area (Å²) < 4.78 is 2.79. The molecule has 0 unspecified atom stereocenters. The highest BCUT2D eigenvalue weighted by atomic mass is 79.9. The van der Waals surface area contributed by atoms with Crippen molar-refractivity contribution in [3.05, 3.63) is 94.2 Å². The van der Waals surface area contributed by atoms with Gasteiger partial charge in [-0.25, -0.2) is 4.98 Å². The summed E-state index contributed by atoms with van der Waals surface area (Å²) in [5.41, 5.74) is 6.41. The normalized spacial score (nSPS) is 13.5. The van der Waals surface area contributed by atoms with E-state index in [0.29, 0.717) is 23.0 Å². The van der Waals surface area contributed by atoms with Crippen molar-refractivity contribution in [3.63, 3.8) is 0 Å². The fourth-order valence-corrected chi connectivity index (χ4v) is 6.84. The van der Waals surface area contributed by atoms with E-state index in [1.54, 1.807) is 21.0 Å². The van der Waals surface area contributed by atoms with Crippen LogP contribution in [0, 0.1) is 0 Å². The zero-order valence-corrected chi connectivity index (χ0v) is 23.4. The first kappa shape index (κ1) is 24.0. The summed E-state index contributed by atoms with van der Waals surface area (Å²) in [5, 5.41) is 2.89. The number of nitrogens with zero attached hydrogens (tertiary/aromatic N) is 2. The van der Waals surface area contributed by atoms with Crippen molar-refractivity contribution in [2.24, 2.45) is 0 Å². The number of allylic oxidation sites excluding steroid dienone is 1. The number of hydrogen-bond donors (Lipinski definition) is 0. The van der Waals surface area contributed by atoms with Crippen molar-refractivity contribution < 1.29 is 9.59 Å². The Kier molecular flexibility index (Phi) is 5.77. The van der Waals surface area contributed by atoms with E-state index in [-0.39, 0.29) is 17.1 Å². The van der Waals surface area contributed by atoms with Crippen LogP contribution in [0.5, 0.6) is 0 Å². The first-order chi connectivity index (χ1) is 17.7. The van der Waals surface area contributed by atoms with Gasteiger partial charge in [0.05, 0.1) is 32.1 Å². The summed E-state index contributed by atoms with van der Waals surface area (Å²) in [6.45, 7) is 8.84. The Bertz CT molecular complexity index is 1710. The number of aromatic nitrogens is 2. The van der Waals surface area contributed by atoms with Crippen molar-refractivity contribution >= 4 is 66.2 Å². The number of carbonyl (C=O) groups is 2. The number of halogens is 1. The van der Waals surface area contributed by atoms with E-state index in [1.165, 1.54) is 16.7 Å². The van der Waals surface area contributed by atoms with Gasteiger partial charge in [-0.1, -0.05) is 70.2 Å². The molecule has 3 aromatic carbocycles. The maximum absolute atomic E-state index is 13.2. The second-order valence-corrected chi connectivity index (χ2v) is 11.9. The van der Waals surface area contributed by atoms with Gasteiger partial charge in [-0.2, -0.15) is 0 Å². The molecule has 184 valence electrons. The molecule has 0 radical (unpaired) electrons. The highest BCUT2D eigenvalue weighted by Gasteiger charge is 2.34. The highest BCUT2D eigenvalue weighted by Crippen LogP contribution is 2.41. The lowest BCUT2D eigenvalue weighted by molar-refractivity contribution is 0.0990. The Labute approximate surface area is 228 Å². The average Bonchev–Trinajstić information content (AvgIpc) is 3.50. The molecule has 6 rings (SSSR count). The van der Waals surface area contributed by atoms with Crippen LogP contribution < -0.4 is 0 Å². The van der Waals surface area contributed by atoms with Crippen molar-refractivity contribution in [2.45, 2.75) is 39.5 Å². The zero-order valence-electron chi connectivity index (χ0n) is 21.0. The standard InChI is InChI=1S/C31H25BrN2O2S/c1-16(2)21-10-7-11-22(17(3)4)27(21)31-33-30-26(37-31)15-20(34(30)32)14-25-28(35)23-12-18-8-5-6-9-19(18)13-24(23)29(25)36/h5-17H,1-4H3. The monoisotopic (exact) mass is 568 g/mol. The van der Waals surface area contributed by atoms with E-state index in [4.69, 9.17) is 4.98 Å². The molecular weight excluding hydrogens is 544 g/mol. The summed E-state index contributed by atoms with van der Waals surface area (Å²) in [6.07, 6.45) is 1.68. The Balaban J connectivity index is 1.43. The number of hydrogen-bond acceptors (Lipinski definition) is 4. The van der Waals surface area contributed by atoms with E-state index in [0.717, 1.165) is 31.8 Å². The van der Waals surface area contributed by atoms with Gasteiger partial charge in [0.15, 0.2) is 17.2 Å². The van der Waals surface area contributed by atoms with Gasteiger partial charge in [0, 0.05) is 16.7 Å². The summed E-state index contributed by atoms with van der Waals surface area (Å²) in [4.78, 5) is 31.5. The van der Waals surface area contributed by atoms with E-state index >= 15 is 0 Å². The smallest absolute Gasteiger partial charge is 0.197 e. The fraction of sp³-hybridized carbons (Fsp3) is 0.194. The average molecular weight is 570 g/mol. The maximum atomic E-state index is 13.2. The maximum Gasteiger partial charge on any atom is 0.197 e. The topological polar surface area (TPSA) is 52.0 Å². The molecule has 2 aromatic heterocycles. The van der Waals surface area contributed by atoms with Crippen LogP contribution in [-0.4, -0.2) is 20.1 Å². The zero-order chi connectivity index (χ0) is 26.0. The second kappa shape index (κ2) is 8.89. The predicted molar refractivity (Wildman–Crippen MR) is 156 cm³/mol. The largest absolute Gasteiger partial charge is 0.288 e. The fourth-order valence-electron chi connectivity index (χ4n) is 5.16. The molecule has 0 saturated heterocycles. The van der Waals surface area contributed by atoms with E-state index < -0.39 is 0 Å². The van der Waals surface area contributed by atoms with Gasteiger partial charge < -0.3 is 0 Å². The van der Waals surface area contributed by atoms with Gasteiger partial charge in [0.1, 0.15) is 5.01 Å². The molecule has 37 heavy (non-hydrogen) atoms. The predicted octanol–water partition coefficient (Wildman–Crippen LogP) is 8.79. The van der Waals surface area contributed by atoms with E-state index in [9.17, 15) is 9.59 Å². The number of carbonyl (C=O) groups excluding carboxylic acids is 2. The van der Waals surface area contributed by atoms with Gasteiger partial charge >= 0.3 is 0 Å². The van der Waals surface area contributed by atoms with Crippen LogP contribution in [0.15, 0.2) is 66.2 Å². The van der Waals surface area contributed by atoms with E-state index in [2.05, 4.69) is 62.0 Å². The quantitative estimate of drug-likeness (QED) is 0.161. The molecule has 0 N–H and O–H groups in total. The molecule has 0 atom stereocenters. The number of Topliss-reactive ketones (excluding diaryl/α,β-unsaturated/α-hetero) is 2. The molecule has 0 saturated carbocycles. The van der Waals surface area contributed by atoms with Crippen molar-refractivity contribution in [1.82, 2.24) is 8.58 Å². The summed E-state index contributed by atoms with van der Waals surface area (Å²) in [6, 6.07) is 19.9. The minimum absolute atomic E-state index is 0.184. The first-order valence-corrected chi connectivity index (χ1v) is 13.9. The third kappa shape index (κ3) is 3.82. The second-order valence-electron chi connectivity index (χ2n) is 10.1. The molecule has 1 aliphatic rings. The summed E-state index contributed by atoms with van der Waals surface area (Å²) in [5.74, 6) is 0.287. The minimum Gasteiger partial charge on any atom is -0.288 e. The van der Waals surface area contributed by atoms with Crippen LogP contribution in [0.1, 0.15) is 77.1 Å². The van der Waals surface area contributed by atoms with E-state index in [1.807, 2.05) is 42.5 Å². The minimum atomic E-state index is -0.233. The third-order valence-corrected chi connectivity index (χ3v) is 8.82. The Morgan fingerprint density at radius 2 is 1.41 bits per heavy atom. The Morgan fingerprint density at radius 1 is 0.838 bits per heavy atom. The van der Waals surface area contributed by atoms with Crippen LogP contribution in [-0.2, 0) is 0 Å². The molecular formula is C31H25BrN2O2S. The lowest BCUT2D eigenvalue weighted by atomic mass is 9.89. The van der Waals surface area contributed by atoms with Crippen LogP contribution in [0.4, 0.5) is 0 Å². The summed E-state index contributed by atoms with van der Waals surface area (Å²) in [7, 11) is 0. The van der Waals surface area contributed by atoms with Crippen LogP contribution in [0.25, 0.3) is 37.8 Å². The molecule has 6 heteroatoms. The Morgan fingerprint density at radius 3 is 1.92 bits per heavy atom. The van der Waals surface area contributed by atoms with Crippen molar-refractivity contribution in [2.75, 3.05) is 0 Å². The third-order valence-electron chi connectivity index (χ3n) is 7.07. The van der Waals surface area contributed by atoms with Gasteiger partial charge in [0.2, 0.25) is 0 Å². The number of benzene rings is 3. The molecule has 0 spiro atoms. The van der Waals surface area contributed by atoms with Crippen molar-refractivity contribution in [3.8, 4) is 10.6 Å². The molecule has 0 bridgehead atoms. The van der Waals surface area contributed by atoms with Crippen LogP contribution in [0.2, 0.25) is 0 Å². The van der Waals surface area contributed by atoms with Gasteiger partial charge in [-0.05, 0) is 58.0 Å². The van der Waals surface area contributed by atoms with Gasteiger partial charge in [-0.15, -0.1) is 11.3 Å². The SMILES string of the molecule is CC(C)c1cccc(C(C)C)c1-c1nc2c(cc(C=C3C(=O)c4cc5ccccc5cc4C3=O)n2Br)s1. The number of ketones is 2. The van der Waals surface area contributed by atoms with Crippen LogP contribution >= 0.6 is 27.5 Å². The Hall–Kier alpha value is -3.35. The summed E-state index contributed by atoms with van der Waals surface area (Å²) >= 11 is 5.28. The highest BCUT2D eigenvalue weighted by molar-refractivity contribution is 9.08. The molecule has 2 heterocycles. The molecule has 4 nitrogen and oxygen atoms in total. The van der Waals surface area contributed by atoms with Gasteiger partial charge in [0.25, 0.3) is 0 Å². The van der Waals surface area contributed by atoms with Crippen molar-refractivity contribution in [1.29, 1.82) is 0 Å². The molecule has 1 aliphatic carbocycles. The lowest BCUT2D eigenvalue weighted by Gasteiger charge is -2.17. The number of thiazole rings is 1. The molecule has 5 aromatic rings. The first-order valence-electron chi connectivity index (χ1n) is 12.4. The van der Waals surface area contributed by atoms with Gasteiger partial charge in [-0.3, -0.25) is 13.2 Å². The number of rotatable bonds is 4. The molecule has 0 aliphatic heterocycles. The molecule has 0 fully saturated rings. The van der Waals surface area contributed by atoms with Crippen LogP contribution in [0.3, 0.4) is 0 Å². The lowest BCUT2D eigenvalue weighted by Crippen LogP contribution is -2.01. The number of fused-ring (bicyclic) bond motifs is 3.